The second kappa shape index (κ2) is 7.08. The van der Waals surface area contributed by atoms with Gasteiger partial charge < -0.3 is 24.8 Å². The second-order valence-corrected chi connectivity index (χ2v) is 6.18. The molecule has 0 saturated heterocycles. The molecule has 0 spiro atoms. The van der Waals surface area contributed by atoms with Crippen LogP contribution in [0, 0.1) is 0 Å². The van der Waals surface area contributed by atoms with Crippen LogP contribution in [0.2, 0.25) is 0 Å². The first kappa shape index (κ1) is 18.4. The Kier molecular flexibility index (Phi) is 4.83. The molecule has 1 aliphatic rings. The van der Waals surface area contributed by atoms with E-state index in [1.807, 2.05) is 24.3 Å². The van der Waals surface area contributed by atoms with Crippen LogP contribution in [0.15, 0.2) is 42.5 Å². The van der Waals surface area contributed by atoms with Crippen molar-refractivity contribution in [2.24, 2.45) is 0 Å². The molecule has 0 radical (unpaired) electrons. The van der Waals surface area contributed by atoms with E-state index >= 15 is 0 Å². The summed E-state index contributed by atoms with van der Waals surface area (Å²) < 4.78 is 11.0. The largest absolute Gasteiger partial charge is 0.481 e. The lowest BCUT2D eigenvalue weighted by atomic mass is 9.96. The van der Waals surface area contributed by atoms with Crippen LogP contribution in [0.1, 0.15) is 24.0 Å². The molecular weight excluding hydrogens is 356 g/mol. The zero-order valence-electron chi connectivity index (χ0n) is 14.0. The summed E-state index contributed by atoms with van der Waals surface area (Å²) in [5.41, 5.74) is -1.26. The van der Waals surface area contributed by atoms with Gasteiger partial charge in [0.1, 0.15) is 17.2 Å². The first-order valence-electron chi connectivity index (χ1n) is 8.04. The number of para-hydroxylation sites is 1. The molecule has 0 bridgehead atoms. The van der Waals surface area contributed by atoms with Crippen LogP contribution in [0.3, 0.4) is 0 Å². The molecular formula is C19H16O8. The quantitative estimate of drug-likeness (QED) is 0.442. The molecule has 1 atom stereocenters. The van der Waals surface area contributed by atoms with Gasteiger partial charge in [0.25, 0.3) is 0 Å². The van der Waals surface area contributed by atoms with Crippen LogP contribution >= 0.6 is 0 Å². The molecule has 27 heavy (non-hydrogen) atoms. The highest BCUT2D eigenvalue weighted by atomic mass is 16.5. The van der Waals surface area contributed by atoms with Crippen LogP contribution in [-0.4, -0.2) is 38.8 Å². The summed E-state index contributed by atoms with van der Waals surface area (Å²) in [6, 6.07) is 12.2. The van der Waals surface area contributed by atoms with Crippen LogP contribution in [0.25, 0.3) is 0 Å². The molecule has 2 aromatic carbocycles. The smallest absolute Gasteiger partial charge is 0.336 e. The van der Waals surface area contributed by atoms with Crippen molar-refractivity contribution >= 4 is 17.9 Å². The van der Waals surface area contributed by atoms with E-state index in [1.54, 1.807) is 12.1 Å². The van der Waals surface area contributed by atoms with Crippen LogP contribution in [0.5, 0.6) is 17.2 Å². The maximum Gasteiger partial charge on any atom is 0.336 e. The lowest BCUT2D eigenvalue weighted by molar-refractivity contribution is -0.169. The Hall–Kier alpha value is -3.39. The van der Waals surface area contributed by atoms with Gasteiger partial charge in [-0.1, -0.05) is 24.3 Å². The van der Waals surface area contributed by atoms with Gasteiger partial charge in [0.2, 0.25) is 0 Å². The summed E-state index contributed by atoms with van der Waals surface area (Å²) in [6.07, 6.45) is -1.69. The van der Waals surface area contributed by atoms with E-state index in [0.29, 0.717) is 23.5 Å². The van der Waals surface area contributed by atoms with Gasteiger partial charge in [-0.2, -0.15) is 0 Å². The zero-order chi connectivity index (χ0) is 19.6. The third kappa shape index (κ3) is 3.90. The molecule has 140 valence electrons. The lowest BCUT2D eigenvalue weighted by Crippen LogP contribution is -2.43. The minimum atomic E-state index is -2.75. The van der Waals surface area contributed by atoms with Crippen molar-refractivity contribution < 1.29 is 39.2 Å². The van der Waals surface area contributed by atoms with E-state index in [0.717, 1.165) is 5.56 Å². The summed E-state index contributed by atoms with van der Waals surface area (Å²) in [6.45, 7) is 0. The second-order valence-electron chi connectivity index (χ2n) is 6.18. The van der Waals surface area contributed by atoms with Crippen molar-refractivity contribution in [3.05, 3.63) is 53.6 Å². The van der Waals surface area contributed by atoms with Gasteiger partial charge in [0, 0.05) is 12.0 Å². The Labute approximate surface area is 153 Å². The fourth-order valence-electron chi connectivity index (χ4n) is 2.83. The first-order valence-corrected chi connectivity index (χ1v) is 8.04. The highest BCUT2D eigenvalue weighted by molar-refractivity contribution is 5.89. The predicted molar refractivity (Wildman–Crippen MR) is 90.9 cm³/mol. The average Bonchev–Trinajstić information content (AvgIpc) is 2.59. The topological polar surface area (TPSA) is 130 Å². The fourth-order valence-corrected chi connectivity index (χ4v) is 2.83. The van der Waals surface area contributed by atoms with E-state index < -0.39 is 36.4 Å². The van der Waals surface area contributed by atoms with Crippen molar-refractivity contribution in [1.82, 2.24) is 0 Å². The predicted octanol–water partition coefficient (Wildman–Crippen LogP) is 1.97. The average molecular weight is 372 g/mol. The molecule has 0 aliphatic carbocycles. The molecule has 3 rings (SSSR count). The summed E-state index contributed by atoms with van der Waals surface area (Å²) in [4.78, 5) is 34.1. The SMILES string of the molecule is O=C(O)CC(O)(CC(=O)Oc1cccc2c1Cc1ccccc1O2)C(=O)O. The lowest BCUT2D eigenvalue weighted by Gasteiger charge is -2.23. The number of esters is 1. The Morgan fingerprint density at radius 3 is 2.41 bits per heavy atom. The Morgan fingerprint density at radius 1 is 1.00 bits per heavy atom. The number of aliphatic carboxylic acids is 2. The number of ether oxygens (including phenoxy) is 2. The maximum absolute atomic E-state index is 12.2. The van der Waals surface area contributed by atoms with Crippen molar-refractivity contribution in [3.8, 4) is 17.2 Å². The molecule has 8 heteroatoms. The third-order valence-corrected chi connectivity index (χ3v) is 4.15. The monoisotopic (exact) mass is 372 g/mol. The van der Waals surface area contributed by atoms with E-state index in [4.69, 9.17) is 19.7 Å². The number of rotatable bonds is 6. The Balaban J connectivity index is 1.80. The number of aliphatic hydroxyl groups is 1. The number of carbonyl (C=O) groups excluding carboxylic acids is 1. The number of carboxylic acid groups (broad SMARTS) is 2. The van der Waals surface area contributed by atoms with Crippen LogP contribution in [0.4, 0.5) is 0 Å². The number of fused-ring (bicyclic) bond motifs is 2. The molecule has 8 nitrogen and oxygen atoms in total. The molecule has 0 fully saturated rings. The van der Waals surface area contributed by atoms with E-state index in [1.165, 1.54) is 6.07 Å². The van der Waals surface area contributed by atoms with Crippen LogP contribution in [-0.2, 0) is 20.8 Å². The molecule has 2 aromatic rings. The van der Waals surface area contributed by atoms with E-state index in [9.17, 15) is 19.5 Å². The standard InChI is InChI=1S/C19H16O8/c20-16(21)9-19(25,18(23)24)10-17(22)27-15-7-3-6-14-12(15)8-11-4-1-2-5-13(11)26-14/h1-7,25H,8-10H2,(H,20,21)(H,23,24). The molecule has 1 aliphatic heterocycles. The van der Waals surface area contributed by atoms with Gasteiger partial charge in [-0.15, -0.1) is 0 Å². The fraction of sp³-hybridized carbons (Fsp3) is 0.211. The first-order chi connectivity index (χ1) is 12.8. The van der Waals surface area contributed by atoms with Crippen molar-refractivity contribution in [1.29, 1.82) is 0 Å². The van der Waals surface area contributed by atoms with Gasteiger partial charge in [-0.05, 0) is 23.8 Å². The van der Waals surface area contributed by atoms with Gasteiger partial charge >= 0.3 is 17.9 Å². The number of hydrogen-bond donors (Lipinski definition) is 3. The number of carbonyl (C=O) groups is 3. The number of hydrogen-bond acceptors (Lipinski definition) is 6. The van der Waals surface area contributed by atoms with Gasteiger partial charge in [-0.25, -0.2) is 4.79 Å². The minimum Gasteiger partial charge on any atom is -0.481 e. The zero-order valence-corrected chi connectivity index (χ0v) is 14.0. The number of carboxylic acids is 2. The molecule has 3 N–H and O–H groups in total. The maximum atomic E-state index is 12.2. The van der Waals surface area contributed by atoms with Gasteiger partial charge in [0.05, 0.1) is 12.8 Å². The third-order valence-electron chi connectivity index (χ3n) is 4.15. The molecule has 1 unspecified atom stereocenters. The molecule has 1 heterocycles. The summed E-state index contributed by atoms with van der Waals surface area (Å²) in [5.74, 6) is -3.07. The minimum absolute atomic E-state index is 0.162. The van der Waals surface area contributed by atoms with Gasteiger partial charge in [-0.3, -0.25) is 9.59 Å². The normalized spacial score (nSPS) is 14.1. The van der Waals surface area contributed by atoms with Crippen molar-refractivity contribution in [2.75, 3.05) is 0 Å². The summed E-state index contributed by atoms with van der Waals surface area (Å²) >= 11 is 0. The highest BCUT2D eigenvalue weighted by Crippen LogP contribution is 2.40. The van der Waals surface area contributed by atoms with Gasteiger partial charge in [0.15, 0.2) is 5.60 Å². The molecule has 0 amide bonds. The molecule has 0 saturated carbocycles. The summed E-state index contributed by atoms with van der Waals surface area (Å²) in [5, 5.41) is 27.8. The molecule has 0 aromatic heterocycles. The van der Waals surface area contributed by atoms with Crippen molar-refractivity contribution in [3.63, 3.8) is 0 Å². The van der Waals surface area contributed by atoms with Crippen LogP contribution < -0.4 is 9.47 Å². The summed E-state index contributed by atoms with van der Waals surface area (Å²) in [7, 11) is 0. The van der Waals surface area contributed by atoms with Crippen molar-refractivity contribution in [2.45, 2.75) is 24.9 Å². The Bertz CT molecular complexity index is 920. The highest BCUT2D eigenvalue weighted by Gasteiger charge is 2.41. The Morgan fingerprint density at radius 2 is 1.70 bits per heavy atom. The van der Waals surface area contributed by atoms with E-state index in [2.05, 4.69) is 0 Å². The number of benzene rings is 2. The van der Waals surface area contributed by atoms with E-state index in [-0.39, 0.29) is 5.75 Å².